The van der Waals surface area contributed by atoms with Crippen molar-refractivity contribution in [3.8, 4) is 0 Å². The molecule has 15 heteroatoms. The zero-order valence-corrected chi connectivity index (χ0v) is 59.2. The summed E-state index contributed by atoms with van der Waals surface area (Å²) in [5.41, 5.74) is 0.0260. The van der Waals surface area contributed by atoms with Gasteiger partial charge in [0, 0.05) is 24.7 Å². The van der Waals surface area contributed by atoms with Gasteiger partial charge in [-0.3, -0.25) is 33.6 Å². The van der Waals surface area contributed by atoms with Crippen LogP contribution in [-0.2, 0) is 71.5 Å². The minimum absolute atomic E-state index is 0.00289. The fraction of sp³-hybridized carbons (Fsp3) is 0.904. The molecule has 0 aromatic rings. The minimum Gasteiger partial charge on any atom is -0.465 e. The first kappa shape index (κ1) is 80.3. The number of carbonyl (C=O) groups is 7. The second kappa shape index (κ2) is 41.0. The van der Waals surface area contributed by atoms with Crippen molar-refractivity contribution in [3.63, 3.8) is 0 Å². The van der Waals surface area contributed by atoms with Crippen molar-refractivity contribution in [2.45, 2.75) is 334 Å². The lowest BCUT2D eigenvalue weighted by Crippen LogP contribution is -2.39. The van der Waals surface area contributed by atoms with Gasteiger partial charge in [0.2, 0.25) is 0 Å². The maximum atomic E-state index is 11.6. The summed E-state index contributed by atoms with van der Waals surface area (Å²) in [6.45, 7) is 38.8. The van der Waals surface area contributed by atoms with Crippen LogP contribution < -0.4 is 0 Å². The lowest BCUT2D eigenvalue weighted by atomic mass is 9.72. The summed E-state index contributed by atoms with van der Waals surface area (Å²) in [4.78, 5) is 77.2. The Morgan fingerprint density at radius 3 is 1.43 bits per heavy atom. The number of ether oxygens (including phenoxy) is 8. The molecule has 9 saturated heterocycles. The van der Waals surface area contributed by atoms with Crippen molar-refractivity contribution in [2.75, 3.05) is 26.4 Å². The first-order valence-corrected chi connectivity index (χ1v) is 36.8. The zero-order valence-electron chi connectivity index (χ0n) is 59.2. The lowest BCUT2D eigenvalue weighted by molar-refractivity contribution is -0.170. The van der Waals surface area contributed by atoms with Crippen molar-refractivity contribution in [3.05, 3.63) is 0 Å². The maximum absolute atomic E-state index is 11.6. The number of cyclic esters (lactones) is 3. The molecule has 512 valence electrons. The molecular formula is C73H130O15. The SMILES string of the molecule is CC.CC.CC.CC.CC.CC.CC.CC.CC.O=C1CC2CCCC2O1.O=C1CC2OCCC2O1.O=C1OC23CCC1(CC2)C3.O=C1OC2CC3CC2CC13.O=C1OCC2CCCC12.O=C1OCCC12CC1CCC2C1.O=C1OCCC12CCCCC2. The van der Waals surface area contributed by atoms with Crippen LogP contribution in [0.1, 0.15) is 304 Å². The van der Waals surface area contributed by atoms with Gasteiger partial charge in [0.05, 0.1) is 67.3 Å². The van der Waals surface area contributed by atoms with E-state index < -0.39 is 0 Å². The van der Waals surface area contributed by atoms with Crippen LogP contribution in [0.4, 0.5) is 0 Å². The summed E-state index contributed by atoms with van der Waals surface area (Å²) in [7, 11) is 0. The molecule has 18 rings (SSSR count). The van der Waals surface area contributed by atoms with E-state index in [4.69, 9.17) is 37.9 Å². The molecule has 9 saturated carbocycles. The van der Waals surface area contributed by atoms with E-state index in [0.29, 0.717) is 74.5 Å². The Hall–Kier alpha value is -3.75. The molecule has 18 fully saturated rings. The van der Waals surface area contributed by atoms with Crippen LogP contribution in [0.15, 0.2) is 0 Å². The van der Waals surface area contributed by atoms with Crippen LogP contribution in [-0.4, -0.2) is 98.2 Å². The van der Waals surface area contributed by atoms with Crippen molar-refractivity contribution >= 4 is 41.8 Å². The summed E-state index contributed by atoms with van der Waals surface area (Å²) in [6.07, 6.45) is 31.9. The third kappa shape index (κ3) is 19.6. The molecule has 0 amide bonds. The van der Waals surface area contributed by atoms with E-state index in [2.05, 4.69) is 0 Å². The molecule has 15 nitrogen and oxygen atoms in total. The van der Waals surface area contributed by atoms with Crippen LogP contribution in [0.3, 0.4) is 0 Å². The van der Waals surface area contributed by atoms with Crippen molar-refractivity contribution < 1.29 is 71.5 Å². The molecule has 13 unspecified atom stereocenters. The fourth-order valence-electron chi connectivity index (χ4n) is 16.6. The third-order valence-electron chi connectivity index (χ3n) is 20.6. The highest BCUT2D eigenvalue weighted by atomic mass is 16.6. The number of carbonyl (C=O) groups excluding carboxylic acids is 7. The second-order valence-electron chi connectivity index (χ2n) is 24.5. The molecule has 0 N–H and O–H groups in total. The fourth-order valence-corrected chi connectivity index (χ4v) is 16.6. The van der Waals surface area contributed by atoms with Gasteiger partial charge in [0.25, 0.3) is 0 Å². The van der Waals surface area contributed by atoms with Crippen LogP contribution in [0.2, 0.25) is 0 Å². The number of esters is 7. The summed E-state index contributed by atoms with van der Waals surface area (Å²) >= 11 is 0. The predicted octanol–water partition coefficient (Wildman–Crippen LogP) is 17.2. The van der Waals surface area contributed by atoms with E-state index in [1.165, 1.54) is 77.0 Å². The van der Waals surface area contributed by atoms with Gasteiger partial charge in [-0.05, 0) is 146 Å². The van der Waals surface area contributed by atoms with Gasteiger partial charge in [0.1, 0.15) is 30.0 Å². The quantitative estimate of drug-likeness (QED) is 0.164. The molecule has 9 aliphatic carbocycles. The Morgan fingerprint density at radius 2 is 0.977 bits per heavy atom. The van der Waals surface area contributed by atoms with Gasteiger partial charge in [-0.2, -0.15) is 0 Å². The van der Waals surface area contributed by atoms with Gasteiger partial charge in [-0.25, -0.2) is 0 Å². The lowest BCUT2D eigenvalue weighted by Gasteiger charge is -2.33. The minimum atomic E-state index is -0.107. The van der Waals surface area contributed by atoms with Crippen LogP contribution in [0.5, 0.6) is 0 Å². The van der Waals surface area contributed by atoms with E-state index >= 15 is 0 Å². The summed E-state index contributed by atoms with van der Waals surface area (Å²) in [6, 6.07) is 0. The van der Waals surface area contributed by atoms with Gasteiger partial charge in [-0.1, -0.05) is 157 Å². The van der Waals surface area contributed by atoms with E-state index in [-0.39, 0.29) is 81.8 Å². The van der Waals surface area contributed by atoms with E-state index in [1.54, 1.807) is 0 Å². The number of hydrogen-bond acceptors (Lipinski definition) is 15. The molecular weight excluding hydrogens is 1120 g/mol. The van der Waals surface area contributed by atoms with E-state index in [1.807, 2.05) is 125 Å². The third-order valence-corrected chi connectivity index (χ3v) is 20.6. The van der Waals surface area contributed by atoms with E-state index in [0.717, 1.165) is 108 Å². The van der Waals surface area contributed by atoms with Gasteiger partial charge in [0.15, 0.2) is 0 Å². The molecule has 9 aliphatic heterocycles. The van der Waals surface area contributed by atoms with Crippen molar-refractivity contribution in [1.82, 2.24) is 0 Å². The highest BCUT2D eigenvalue weighted by Crippen LogP contribution is 2.64. The maximum Gasteiger partial charge on any atom is 0.312 e. The molecule has 2 spiro atoms. The average Bonchev–Trinajstić information content (AvgIpc) is 1.71. The first-order valence-electron chi connectivity index (χ1n) is 36.8. The first-order chi connectivity index (χ1) is 42.8. The molecule has 0 aromatic heterocycles. The smallest absolute Gasteiger partial charge is 0.312 e. The van der Waals surface area contributed by atoms with Crippen LogP contribution in [0.25, 0.3) is 0 Å². The molecule has 8 bridgehead atoms. The Kier molecular flexibility index (Phi) is 37.4. The number of rotatable bonds is 0. The Labute approximate surface area is 535 Å². The normalized spacial score (nSPS) is 36.3. The second-order valence-corrected chi connectivity index (χ2v) is 24.5. The Bertz CT molecular complexity index is 1980. The summed E-state index contributed by atoms with van der Waals surface area (Å²) in [5, 5.41) is 0. The largest absolute Gasteiger partial charge is 0.465 e. The Balaban J connectivity index is 0.000000336. The highest BCUT2D eigenvalue weighted by Gasteiger charge is 2.67. The molecule has 18 aliphatic rings. The number of fused-ring (bicyclic) bond motifs is 7. The van der Waals surface area contributed by atoms with Crippen molar-refractivity contribution in [1.29, 1.82) is 0 Å². The van der Waals surface area contributed by atoms with Crippen molar-refractivity contribution in [2.24, 2.45) is 63.6 Å². The van der Waals surface area contributed by atoms with Gasteiger partial charge in [-0.15, -0.1) is 0 Å². The molecule has 0 radical (unpaired) electrons. The van der Waals surface area contributed by atoms with Gasteiger partial charge >= 0.3 is 41.8 Å². The van der Waals surface area contributed by atoms with E-state index in [9.17, 15) is 33.6 Å². The average molecular weight is 1250 g/mol. The van der Waals surface area contributed by atoms with Crippen LogP contribution >= 0.6 is 0 Å². The molecule has 13 atom stereocenters. The monoisotopic (exact) mass is 1250 g/mol. The zero-order chi connectivity index (χ0) is 66.3. The molecule has 88 heavy (non-hydrogen) atoms. The standard InChI is InChI=1S/C10H14O2.C9H14O2.2C8H10O2.2C7H10O2.C6H8O3.9C2H6/c11-9-10(3-4-12-9)6-7-1-2-8(10)5-7;10-8-9(6-7-11-8)4-2-1-3-5-9;9-8-6-2-5-1-4(6)3-7(5)10-8;9-6-7-1-3-8(5-7,10-6)4-2-7;8-7-6-3-1-2-5(6)4-9-7;8-7-4-5-2-1-3-6(5)9-7;7-6-3-5-4(9-6)1-2-8-5;9*1-2/h7-8H,1-6H2;1-7H2;4-7H,1-3H2;1-5H2;2*5-6H,1-4H2;4-5H,1-3H2;9*1-2H3. The Morgan fingerprint density at radius 1 is 0.375 bits per heavy atom. The predicted molar refractivity (Wildman–Crippen MR) is 348 cm³/mol. The molecule has 0 aromatic carbocycles. The molecule has 9 heterocycles. The number of hydrogen-bond donors (Lipinski definition) is 0. The summed E-state index contributed by atoms with van der Waals surface area (Å²) < 4.78 is 40.7. The van der Waals surface area contributed by atoms with Gasteiger partial charge < -0.3 is 37.9 Å². The van der Waals surface area contributed by atoms with Crippen LogP contribution in [0, 0.1) is 63.6 Å². The topological polar surface area (TPSA) is 193 Å². The highest BCUT2D eigenvalue weighted by molar-refractivity contribution is 5.82. The summed E-state index contributed by atoms with van der Waals surface area (Å²) in [5.74, 6) is 5.08.